The maximum atomic E-state index is 12.2. The number of carbonyl (C=O) groups is 2. The van der Waals surface area contributed by atoms with E-state index in [2.05, 4.69) is 21.6 Å². The van der Waals surface area contributed by atoms with Crippen molar-refractivity contribution in [2.24, 2.45) is 0 Å². The summed E-state index contributed by atoms with van der Waals surface area (Å²) < 4.78 is 5.39. The lowest BCUT2D eigenvalue weighted by atomic mass is 10.1. The average molecular weight is 381 g/mol. The summed E-state index contributed by atoms with van der Waals surface area (Å²) in [5, 5.41) is 5.80. The Morgan fingerprint density at radius 1 is 1.07 bits per heavy atom. The summed E-state index contributed by atoms with van der Waals surface area (Å²) >= 11 is 0. The van der Waals surface area contributed by atoms with E-state index in [-0.39, 0.29) is 11.8 Å². The second-order valence-electron chi connectivity index (χ2n) is 6.87. The lowest BCUT2D eigenvalue weighted by Crippen LogP contribution is -2.36. The van der Waals surface area contributed by atoms with Gasteiger partial charge in [-0.15, -0.1) is 0 Å². The molecule has 2 N–H and O–H groups in total. The van der Waals surface area contributed by atoms with Crippen LogP contribution >= 0.6 is 0 Å². The lowest BCUT2D eigenvalue weighted by Gasteiger charge is -2.29. The van der Waals surface area contributed by atoms with E-state index < -0.39 is 0 Å². The van der Waals surface area contributed by atoms with Crippen LogP contribution in [0.4, 0.5) is 11.4 Å². The number of nitrogens with zero attached hydrogens (tertiary/aromatic N) is 1. The van der Waals surface area contributed by atoms with Gasteiger partial charge in [0.1, 0.15) is 0 Å². The first-order valence-corrected chi connectivity index (χ1v) is 9.70. The van der Waals surface area contributed by atoms with Crippen LogP contribution in [0.1, 0.15) is 28.8 Å². The standard InChI is InChI=1S/C22H27N3O3/c1-17-16-19(25-12-14-28-15-13-25)9-10-20(17)24-21(26)8-5-11-23-22(27)18-6-3-2-4-7-18/h2-4,6-7,9-10,16H,5,8,11-15H2,1H3,(H,23,27)(H,24,26). The summed E-state index contributed by atoms with van der Waals surface area (Å²) in [5.41, 5.74) is 3.65. The molecule has 1 fully saturated rings. The molecule has 0 atom stereocenters. The zero-order valence-electron chi connectivity index (χ0n) is 16.2. The maximum absolute atomic E-state index is 12.2. The van der Waals surface area contributed by atoms with Crippen LogP contribution in [0.15, 0.2) is 48.5 Å². The van der Waals surface area contributed by atoms with Crippen molar-refractivity contribution in [3.63, 3.8) is 0 Å². The Hall–Kier alpha value is -2.86. The summed E-state index contributed by atoms with van der Waals surface area (Å²) in [4.78, 5) is 26.5. The normalized spacial score (nSPS) is 13.8. The minimum Gasteiger partial charge on any atom is -0.378 e. The fraction of sp³-hybridized carbons (Fsp3) is 0.364. The molecule has 0 aliphatic carbocycles. The summed E-state index contributed by atoms with van der Waals surface area (Å²) in [6, 6.07) is 15.2. The van der Waals surface area contributed by atoms with Crippen molar-refractivity contribution in [3.8, 4) is 0 Å². The predicted octanol–water partition coefficient (Wildman–Crippen LogP) is 2.98. The molecule has 3 rings (SSSR count). The van der Waals surface area contributed by atoms with Gasteiger partial charge >= 0.3 is 0 Å². The first-order chi connectivity index (χ1) is 13.6. The second kappa shape index (κ2) is 9.90. The number of carbonyl (C=O) groups excluding carboxylic acids is 2. The minimum atomic E-state index is -0.115. The smallest absolute Gasteiger partial charge is 0.251 e. The number of nitrogens with one attached hydrogen (secondary N) is 2. The number of hydrogen-bond acceptors (Lipinski definition) is 4. The van der Waals surface area contributed by atoms with Crippen LogP contribution in [-0.4, -0.2) is 44.7 Å². The van der Waals surface area contributed by atoms with E-state index in [0.717, 1.165) is 43.2 Å². The molecule has 6 heteroatoms. The SMILES string of the molecule is Cc1cc(N2CCOCC2)ccc1NC(=O)CCCNC(=O)c1ccccc1. The molecular formula is C22H27N3O3. The van der Waals surface area contributed by atoms with E-state index in [9.17, 15) is 9.59 Å². The molecule has 0 bridgehead atoms. The van der Waals surface area contributed by atoms with Gasteiger partial charge in [0.15, 0.2) is 0 Å². The fourth-order valence-electron chi connectivity index (χ4n) is 3.16. The topological polar surface area (TPSA) is 70.7 Å². The molecule has 1 saturated heterocycles. The lowest BCUT2D eigenvalue weighted by molar-refractivity contribution is -0.116. The van der Waals surface area contributed by atoms with Crippen molar-refractivity contribution in [1.29, 1.82) is 0 Å². The zero-order chi connectivity index (χ0) is 19.8. The third-order valence-corrected chi connectivity index (χ3v) is 4.76. The predicted molar refractivity (Wildman–Crippen MR) is 111 cm³/mol. The molecule has 0 aromatic heterocycles. The molecule has 1 heterocycles. The van der Waals surface area contributed by atoms with Crippen LogP contribution in [-0.2, 0) is 9.53 Å². The average Bonchev–Trinajstić information content (AvgIpc) is 2.74. The maximum Gasteiger partial charge on any atom is 0.251 e. The Bertz CT molecular complexity index is 802. The molecule has 6 nitrogen and oxygen atoms in total. The highest BCUT2D eigenvalue weighted by atomic mass is 16.5. The van der Waals surface area contributed by atoms with E-state index >= 15 is 0 Å². The first kappa shape index (κ1) is 19.9. The molecule has 1 aliphatic heterocycles. The van der Waals surface area contributed by atoms with Crippen molar-refractivity contribution in [1.82, 2.24) is 5.32 Å². The number of anilines is 2. The number of benzene rings is 2. The highest BCUT2D eigenvalue weighted by molar-refractivity contribution is 5.94. The van der Waals surface area contributed by atoms with Crippen LogP contribution in [0.5, 0.6) is 0 Å². The summed E-state index contributed by atoms with van der Waals surface area (Å²) in [5.74, 6) is -0.160. The summed E-state index contributed by atoms with van der Waals surface area (Å²) in [6.45, 7) is 5.74. The minimum absolute atomic E-state index is 0.0452. The van der Waals surface area contributed by atoms with Crippen molar-refractivity contribution in [3.05, 3.63) is 59.7 Å². The third-order valence-electron chi connectivity index (χ3n) is 4.76. The van der Waals surface area contributed by atoms with Gasteiger partial charge in [-0.05, 0) is 49.2 Å². The molecule has 0 saturated carbocycles. The number of hydrogen-bond donors (Lipinski definition) is 2. The highest BCUT2D eigenvalue weighted by Gasteiger charge is 2.13. The molecule has 148 valence electrons. The van der Waals surface area contributed by atoms with Crippen LogP contribution in [0.3, 0.4) is 0 Å². The molecule has 2 aromatic carbocycles. The van der Waals surface area contributed by atoms with Gasteiger partial charge in [0, 0.05) is 43.0 Å². The summed E-state index contributed by atoms with van der Waals surface area (Å²) in [7, 11) is 0. The van der Waals surface area contributed by atoms with E-state index in [1.54, 1.807) is 12.1 Å². The highest BCUT2D eigenvalue weighted by Crippen LogP contribution is 2.23. The van der Waals surface area contributed by atoms with Crippen LogP contribution in [0.2, 0.25) is 0 Å². The number of ether oxygens (including phenoxy) is 1. The van der Waals surface area contributed by atoms with Gasteiger partial charge < -0.3 is 20.3 Å². The first-order valence-electron chi connectivity index (χ1n) is 9.70. The van der Waals surface area contributed by atoms with E-state index in [4.69, 9.17) is 4.74 Å². The quantitative estimate of drug-likeness (QED) is 0.724. The largest absolute Gasteiger partial charge is 0.378 e. The number of morpholine rings is 1. The van der Waals surface area contributed by atoms with Gasteiger partial charge in [0.05, 0.1) is 13.2 Å². The van der Waals surface area contributed by atoms with Crippen molar-refractivity contribution in [2.75, 3.05) is 43.1 Å². The number of rotatable bonds is 7. The molecule has 0 unspecified atom stereocenters. The molecule has 28 heavy (non-hydrogen) atoms. The van der Waals surface area contributed by atoms with Gasteiger partial charge in [0.2, 0.25) is 5.91 Å². The van der Waals surface area contributed by atoms with Gasteiger partial charge in [-0.3, -0.25) is 9.59 Å². The van der Waals surface area contributed by atoms with E-state index in [1.165, 1.54) is 0 Å². The molecule has 0 radical (unpaired) electrons. The number of aryl methyl sites for hydroxylation is 1. The molecule has 0 spiro atoms. The van der Waals surface area contributed by atoms with Crippen molar-refractivity contribution >= 4 is 23.2 Å². The molecular weight excluding hydrogens is 354 g/mol. The van der Waals surface area contributed by atoms with Gasteiger partial charge in [-0.1, -0.05) is 18.2 Å². The number of amides is 2. The third kappa shape index (κ3) is 5.57. The van der Waals surface area contributed by atoms with E-state index in [0.29, 0.717) is 24.9 Å². The monoisotopic (exact) mass is 381 g/mol. The van der Waals surface area contributed by atoms with Gasteiger partial charge in [0.25, 0.3) is 5.91 Å². The molecule has 1 aliphatic rings. The Morgan fingerprint density at radius 2 is 1.82 bits per heavy atom. The van der Waals surface area contributed by atoms with E-state index in [1.807, 2.05) is 37.3 Å². The summed E-state index contributed by atoms with van der Waals surface area (Å²) in [6.07, 6.45) is 0.953. The van der Waals surface area contributed by atoms with Crippen molar-refractivity contribution < 1.29 is 14.3 Å². The van der Waals surface area contributed by atoms with Gasteiger partial charge in [-0.25, -0.2) is 0 Å². The second-order valence-corrected chi connectivity index (χ2v) is 6.87. The molecule has 2 aromatic rings. The van der Waals surface area contributed by atoms with Crippen LogP contribution in [0, 0.1) is 6.92 Å². The zero-order valence-corrected chi connectivity index (χ0v) is 16.2. The Labute approximate surface area is 165 Å². The van der Waals surface area contributed by atoms with Crippen LogP contribution in [0.25, 0.3) is 0 Å². The Morgan fingerprint density at radius 3 is 2.54 bits per heavy atom. The fourth-order valence-corrected chi connectivity index (χ4v) is 3.16. The Balaban J connectivity index is 1.42. The Kier molecular flexibility index (Phi) is 7.03. The molecule has 2 amide bonds. The van der Waals surface area contributed by atoms with Crippen molar-refractivity contribution in [2.45, 2.75) is 19.8 Å². The van der Waals surface area contributed by atoms with Gasteiger partial charge in [-0.2, -0.15) is 0 Å². The van der Waals surface area contributed by atoms with Crippen LogP contribution < -0.4 is 15.5 Å².